The average molecular weight is 411 g/mol. The molecule has 0 atom stereocenters. The molecular weight excluding hydrogens is 395 g/mol. The van der Waals surface area contributed by atoms with E-state index in [1.54, 1.807) is 42.8 Å². The monoisotopic (exact) mass is 411 g/mol. The quantitative estimate of drug-likeness (QED) is 0.476. The molecule has 4 aromatic rings. The van der Waals surface area contributed by atoms with Gasteiger partial charge in [0, 0.05) is 43.3 Å². The number of rotatable bonds is 2. The van der Waals surface area contributed by atoms with E-state index in [0.717, 1.165) is 17.7 Å². The second kappa shape index (κ2) is 6.72. The lowest BCUT2D eigenvalue weighted by molar-refractivity contribution is 0.0734. The van der Waals surface area contributed by atoms with Gasteiger partial charge in [0.15, 0.2) is 17.5 Å². The van der Waals surface area contributed by atoms with Gasteiger partial charge in [0.2, 0.25) is 0 Å². The molecule has 30 heavy (non-hydrogen) atoms. The third-order valence-corrected chi connectivity index (χ3v) is 5.44. The van der Waals surface area contributed by atoms with Crippen LogP contribution in [0.15, 0.2) is 43.0 Å². The third-order valence-electron chi connectivity index (χ3n) is 5.44. The summed E-state index contributed by atoms with van der Waals surface area (Å²) in [5.41, 5.74) is 3.45. The van der Waals surface area contributed by atoms with E-state index >= 15 is 0 Å². The van der Waals surface area contributed by atoms with Crippen molar-refractivity contribution in [1.29, 1.82) is 0 Å². The molecule has 0 saturated carbocycles. The number of hydrogen-bond acceptors (Lipinski definition) is 3. The van der Waals surface area contributed by atoms with Crippen molar-refractivity contribution in [1.82, 2.24) is 24.1 Å². The maximum atomic E-state index is 13.7. The van der Waals surface area contributed by atoms with E-state index in [0.29, 0.717) is 35.4 Å². The molecule has 1 aliphatic rings. The van der Waals surface area contributed by atoms with Gasteiger partial charge in [-0.05, 0) is 24.6 Å². The van der Waals surface area contributed by atoms with Gasteiger partial charge in [0.1, 0.15) is 0 Å². The first kappa shape index (κ1) is 18.4. The first-order valence-corrected chi connectivity index (χ1v) is 9.33. The van der Waals surface area contributed by atoms with Crippen molar-refractivity contribution in [2.24, 2.45) is 7.05 Å². The van der Waals surface area contributed by atoms with E-state index < -0.39 is 17.5 Å². The van der Waals surface area contributed by atoms with Gasteiger partial charge in [-0.3, -0.25) is 14.5 Å². The maximum absolute atomic E-state index is 13.7. The Bertz CT molecular complexity index is 1290. The zero-order chi connectivity index (χ0) is 21.0. The number of carbonyl (C=O) groups excluding carboxylic acids is 1. The van der Waals surface area contributed by atoms with Crippen molar-refractivity contribution in [3.8, 4) is 11.3 Å². The van der Waals surface area contributed by atoms with E-state index in [4.69, 9.17) is 0 Å². The van der Waals surface area contributed by atoms with E-state index in [-0.39, 0.29) is 18.0 Å². The molecule has 0 unspecified atom stereocenters. The highest BCUT2D eigenvalue weighted by Crippen LogP contribution is 2.32. The molecular formula is C21H16F3N5O. The van der Waals surface area contributed by atoms with Gasteiger partial charge in [0.25, 0.3) is 5.91 Å². The largest absolute Gasteiger partial charge is 0.332 e. The molecule has 9 heteroatoms. The second-order valence-corrected chi connectivity index (χ2v) is 7.23. The van der Waals surface area contributed by atoms with Crippen LogP contribution in [0.1, 0.15) is 21.6 Å². The Morgan fingerprint density at radius 3 is 2.67 bits per heavy atom. The van der Waals surface area contributed by atoms with Gasteiger partial charge in [-0.15, -0.1) is 0 Å². The summed E-state index contributed by atoms with van der Waals surface area (Å²) in [4.78, 5) is 18.9. The lowest BCUT2D eigenvalue weighted by atomic mass is 9.99. The lowest BCUT2D eigenvalue weighted by Crippen LogP contribution is -2.35. The molecule has 0 saturated heterocycles. The molecule has 0 N–H and O–H groups in total. The topological polar surface area (TPSA) is 55.4 Å². The summed E-state index contributed by atoms with van der Waals surface area (Å²) in [5.74, 6) is -4.13. The molecule has 0 spiro atoms. The standard InChI is InChI=1S/C21H16F3N5O/c1-27-20(12-8-15(22)19(24)16(23)9-12)13-2-6-29(11-17(13)26-27)21(30)14-3-5-28-7-4-25-10-18(14)28/h3-5,7-10H,2,6,11H2,1H3. The van der Waals surface area contributed by atoms with Crippen molar-refractivity contribution < 1.29 is 18.0 Å². The van der Waals surface area contributed by atoms with E-state index in [1.165, 1.54) is 4.68 Å². The molecule has 152 valence electrons. The van der Waals surface area contributed by atoms with Crippen LogP contribution in [0, 0.1) is 17.5 Å². The number of benzene rings is 1. The first-order valence-electron chi connectivity index (χ1n) is 9.33. The van der Waals surface area contributed by atoms with Crippen molar-refractivity contribution in [3.63, 3.8) is 0 Å². The predicted octanol–water partition coefficient (Wildman–Crippen LogP) is 3.35. The molecule has 0 fully saturated rings. The SMILES string of the molecule is Cn1nc2c(c1-c1cc(F)c(F)c(F)c1)CCN(C(=O)c1ccn3ccncc13)C2. The second-order valence-electron chi connectivity index (χ2n) is 7.23. The Morgan fingerprint density at radius 1 is 1.13 bits per heavy atom. The Balaban J connectivity index is 1.49. The summed E-state index contributed by atoms with van der Waals surface area (Å²) in [5, 5.41) is 4.45. The van der Waals surface area contributed by atoms with Gasteiger partial charge >= 0.3 is 0 Å². The highest BCUT2D eigenvalue weighted by Gasteiger charge is 2.29. The number of amides is 1. The van der Waals surface area contributed by atoms with Crippen LogP contribution in [-0.4, -0.2) is 36.5 Å². The molecule has 3 aromatic heterocycles. The van der Waals surface area contributed by atoms with Crippen molar-refractivity contribution in [2.45, 2.75) is 13.0 Å². The number of fused-ring (bicyclic) bond motifs is 2. The Kier molecular flexibility index (Phi) is 4.12. The van der Waals surface area contributed by atoms with Gasteiger partial charge in [-0.2, -0.15) is 5.10 Å². The highest BCUT2D eigenvalue weighted by molar-refractivity contribution is 6.01. The number of nitrogens with zero attached hydrogens (tertiary/aromatic N) is 5. The Morgan fingerprint density at radius 2 is 1.90 bits per heavy atom. The van der Waals surface area contributed by atoms with Gasteiger partial charge < -0.3 is 9.30 Å². The molecule has 6 nitrogen and oxygen atoms in total. The van der Waals surface area contributed by atoms with Crippen LogP contribution in [0.5, 0.6) is 0 Å². The van der Waals surface area contributed by atoms with Crippen molar-refractivity contribution >= 4 is 11.4 Å². The van der Waals surface area contributed by atoms with Crippen LogP contribution in [0.3, 0.4) is 0 Å². The Labute approximate surface area is 169 Å². The molecule has 4 heterocycles. The van der Waals surface area contributed by atoms with E-state index in [1.807, 2.05) is 4.40 Å². The fraction of sp³-hybridized carbons (Fsp3) is 0.190. The van der Waals surface area contributed by atoms with Gasteiger partial charge in [-0.25, -0.2) is 13.2 Å². The Hall–Kier alpha value is -3.62. The number of carbonyl (C=O) groups is 1. The predicted molar refractivity (Wildman–Crippen MR) is 102 cm³/mol. The van der Waals surface area contributed by atoms with Crippen LogP contribution in [0.2, 0.25) is 0 Å². The number of aromatic nitrogens is 4. The maximum Gasteiger partial charge on any atom is 0.256 e. The van der Waals surface area contributed by atoms with Crippen molar-refractivity contribution in [3.05, 3.63) is 77.3 Å². The van der Waals surface area contributed by atoms with E-state index in [9.17, 15) is 18.0 Å². The summed E-state index contributed by atoms with van der Waals surface area (Å²) in [6, 6.07) is 3.68. The van der Waals surface area contributed by atoms with Crippen LogP contribution in [0.25, 0.3) is 16.8 Å². The molecule has 1 aromatic carbocycles. The lowest BCUT2D eigenvalue weighted by Gasteiger charge is -2.26. The minimum Gasteiger partial charge on any atom is -0.332 e. The normalized spacial score (nSPS) is 13.7. The van der Waals surface area contributed by atoms with Crippen LogP contribution >= 0.6 is 0 Å². The summed E-state index contributed by atoms with van der Waals surface area (Å²) in [6.07, 6.45) is 7.32. The summed E-state index contributed by atoms with van der Waals surface area (Å²) < 4.78 is 44.2. The summed E-state index contributed by atoms with van der Waals surface area (Å²) in [6.45, 7) is 0.694. The smallest absolute Gasteiger partial charge is 0.256 e. The van der Waals surface area contributed by atoms with Gasteiger partial charge in [0.05, 0.1) is 35.2 Å². The molecule has 5 rings (SSSR count). The fourth-order valence-corrected chi connectivity index (χ4v) is 4.05. The molecule has 1 amide bonds. The number of aryl methyl sites for hydroxylation is 1. The van der Waals surface area contributed by atoms with E-state index in [2.05, 4.69) is 10.1 Å². The summed E-state index contributed by atoms with van der Waals surface area (Å²) >= 11 is 0. The molecule has 0 radical (unpaired) electrons. The van der Waals surface area contributed by atoms with Crippen LogP contribution < -0.4 is 0 Å². The minimum absolute atomic E-state index is 0.137. The zero-order valence-corrected chi connectivity index (χ0v) is 15.9. The average Bonchev–Trinajstić information content (AvgIpc) is 3.30. The number of halogens is 3. The highest BCUT2D eigenvalue weighted by atomic mass is 19.2. The zero-order valence-electron chi connectivity index (χ0n) is 15.9. The molecule has 1 aliphatic heterocycles. The number of hydrogen-bond donors (Lipinski definition) is 0. The third kappa shape index (κ3) is 2.77. The first-order chi connectivity index (χ1) is 14.4. The van der Waals surface area contributed by atoms with Crippen molar-refractivity contribution in [2.75, 3.05) is 6.54 Å². The van der Waals surface area contributed by atoms with Crippen LogP contribution in [-0.2, 0) is 20.0 Å². The fourth-order valence-electron chi connectivity index (χ4n) is 4.05. The molecule has 0 bridgehead atoms. The molecule has 0 aliphatic carbocycles. The van der Waals surface area contributed by atoms with Gasteiger partial charge in [-0.1, -0.05) is 0 Å². The summed E-state index contributed by atoms with van der Waals surface area (Å²) in [7, 11) is 1.66. The van der Waals surface area contributed by atoms with Crippen LogP contribution in [0.4, 0.5) is 13.2 Å². The minimum atomic E-state index is -1.50.